The van der Waals surface area contributed by atoms with Crippen LogP contribution in [0.25, 0.3) is 0 Å². The van der Waals surface area contributed by atoms with Gasteiger partial charge in [-0.25, -0.2) is 0 Å². The van der Waals surface area contributed by atoms with Crippen molar-refractivity contribution in [2.75, 3.05) is 0 Å². The zero-order chi connectivity index (χ0) is 15.5. The third kappa shape index (κ3) is 3.62. The summed E-state index contributed by atoms with van der Waals surface area (Å²) in [6.07, 6.45) is 6.61. The molecular weight excluding hydrogens is 264 g/mol. The van der Waals surface area contributed by atoms with Gasteiger partial charge < -0.3 is 10.4 Å². The molecule has 1 aliphatic carbocycles. The zero-order valence-electron chi connectivity index (χ0n) is 13.2. The Balaban J connectivity index is 2.15. The molecule has 1 aromatic rings. The van der Waals surface area contributed by atoms with Gasteiger partial charge in [-0.15, -0.1) is 0 Å². The molecule has 2 rings (SSSR count). The van der Waals surface area contributed by atoms with Crippen molar-refractivity contribution in [3.05, 3.63) is 30.1 Å². The van der Waals surface area contributed by atoms with Crippen LogP contribution in [-0.2, 0) is 0 Å². The van der Waals surface area contributed by atoms with Crippen LogP contribution in [0.2, 0.25) is 0 Å². The number of hydrogen-bond acceptors (Lipinski definition) is 3. The molecule has 4 nitrogen and oxygen atoms in total. The number of carbonyl (C=O) groups is 1. The van der Waals surface area contributed by atoms with Gasteiger partial charge in [-0.05, 0) is 36.3 Å². The van der Waals surface area contributed by atoms with Crippen molar-refractivity contribution in [1.82, 2.24) is 10.3 Å². The minimum atomic E-state index is -0.463. The number of carbonyl (C=O) groups excluding carboxylic acids is 1. The molecule has 0 saturated heterocycles. The summed E-state index contributed by atoms with van der Waals surface area (Å²) in [7, 11) is 0. The molecule has 0 unspecified atom stereocenters. The summed E-state index contributed by atoms with van der Waals surface area (Å²) in [5, 5.41) is 13.4. The summed E-state index contributed by atoms with van der Waals surface area (Å²) in [4.78, 5) is 16.3. The number of rotatable bonds is 4. The van der Waals surface area contributed by atoms with E-state index in [0.29, 0.717) is 11.5 Å². The number of pyridine rings is 1. The Morgan fingerprint density at radius 1 is 1.48 bits per heavy atom. The fourth-order valence-corrected chi connectivity index (χ4v) is 3.24. The fourth-order valence-electron chi connectivity index (χ4n) is 3.24. The molecule has 1 heterocycles. The molecule has 0 bridgehead atoms. The van der Waals surface area contributed by atoms with Crippen LogP contribution in [0.3, 0.4) is 0 Å². The standard InChI is InChI=1S/C17H26N2O2/c1-4-17(2,3)13-8-5-9-14(20)15(13)19-16(21)12-7-6-10-18-11-12/h6-7,10-11,13-15,20H,4-5,8-9H2,1-3H3,(H,19,21)/t13-,14+,15-/m1/s1. The maximum atomic E-state index is 12.4. The van der Waals surface area contributed by atoms with Crippen LogP contribution < -0.4 is 5.32 Å². The van der Waals surface area contributed by atoms with Gasteiger partial charge in [-0.3, -0.25) is 9.78 Å². The number of amides is 1. The van der Waals surface area contributed by atoms with Gasteiger partial charge in [0.2, 0.25) is 0 Å². The summed E-state index contributed by atoms with van der Waals surface area (Å²) in [6.45, 7) is 6.61. The Bertz CT molecular complexity index is 473. The van der Waals surface area contributed by atoms with E-state index in [2.05, 4.69) is 31.1 Å². The lowest BCUT2D eigenvalue weighted by Gasteiger charge is -2.44. The predicted molar refractivity (Wildman–Crippen MR) is 82.9 cm³/mol. The monoisotopic (exact) mass is 290 g/mol. The van der Waals surface area contributed by atoms with E-state index in [1.165, 1.54) is 0 Å². The average Bonchev–Trinajstić information content (AvgIpc) is 2.50. The first-order chi connectivity index (χ1) is 9.95. The van der Waals surface area contributed by atoms with Gasteiger partial charge >= 0.3 is 0 Å². The molecule has 1 aromatic heterocycles. The number of aliphatic hydroxyl groups excluding tert-OH is 1. The van der Waals surface area contributed by atoms with Gasteiger partial charge in [0.15, 0.2) is 0 Å². The van der Waals surface area contributed by atoms with E-state index < -0.39 is 6.10 Å². The normalized spacial score (nSPS) is 26.4. The summed E-state index contributed by atoms with van der Waals surface area (Å²) >= 11 is 0. The van der Waals surface area contributed by atoms with Gasteiger partial charge in [0.1, 0.15) is 0 Å². The first kappa shape index (κ1) is 16.0. The second-order valence-corrected chi connectivity index (χ2v) is 6.69. The van der Waals surface area contributed by atoms with Gasteiger partial charge in [-0.1, -0.05) is 33.6 Å². The third-order valence-corrected chi connectivity index (χ3v) is 5.00. The second-order valence-electron chi connectivity index (χ2n) is 6.69. The maximum Gasteiger partial charge on any atom is 0.253 e. The van der Waals surface area contributed by atoms with Gasteiger partial charge in [0.25, 0.3) is 5.91 Å². The molecule has 4 heteroatoms. The molecule has 1 saturated carbocycles. The summed E-state index contributed by atoms with van der Waals surface area (Å²) in [5.41, 5.74) is 0.650. The highest BCUT2D eigenvalue weighted by Crippen LogP contribution is 2.40. The Labute approximate surface area is 127 Å². The highest BCUT2D eigenvalue weighted by molar-refractivity contribution is 5.94. The second kappa shape index (κ2) is 6.56. The van der Waals surface area contributed by atoms with Crippen molar-refractivity contribution >= 4 is 5.91 Å². The van der Waals surface area contributed by atoms with Crippen molar-refractivity contribution in [1.29, 1.82) is 0 Å². The molecule has 1 aliphatic rings. The fraction of sp³-hybridized carbons (Fsp3) is 0.647. The van der Waals surface area contributed by atoms with Crippen LogP contribution in [-0.4, -0.2) is 28.1 Å². The molecule has 0 aliphatic heterocycles. The summed E-state index contributed by atoms with van der Waals surface area (Å²) in [6, 6.07) is 3.32. The van der Waals surface area contributed by atoms with Crippen LogP contribution in [0.5, 0.6) is 0 Å². The number of nitrogens with zero attached hydrogens (tertiary/aromatic N) is 1. The molecule has 1 fully saturated rings. The highest BCUT2D eigenvalue weighted by Gasteiger charge is 2.41. The predicted octanol–water partition coefficient (Wildman–Crippen LogP) is 2.78. The average molecular weight is 290 g/mol. The molecular formula is C17H26N2O2. The van der Waals surface area contributed by atoms with E-state index in [1.807, 2.05) is 0 Å². The SMILES string of the molecule is CCC(C)(C)[C@@H]1CCC[C@H](O)[C@@H]1NC(=O)c1cccnc1. The smallest absolute Gasteiger partial charge is 0.253 e. The Morgan fingerprint density at radius 3 is 2.86 bits per heavy atom. The molecule has 2 N–H and O–H groups in total. The highest BCUT2D eigenvalue weighted by atomic mass is 16.3. The van der Waals surface area contributed by atoms with Crippen LogP contribution in [0.15, 0.2) is 24.5 Å². The van der Waals surface area contributed by atoms with Crippen LogP contribution in [0, 0.1) is 11.3 Å². The lowest BCUT2D eigenvalue weighted by atomic mass is 9.66. The van der Waals surface area contributed by atoms with Crippen LogP contribution in [0.4, 0.5) is 0 Å². The molecule has 21 heavy (non-hydrogen) atoms. The van der Waals surface area contributed by atoms with Crippen molar-refractivity contribution in [2.45, 2.75) is 58.6 Å². The molecule has 1 amide bonds. The van der Waals surface area contributed by atoms with E-state index in [-0.39, 0.29) is 17.4 Å². The van der Waals surface area contributed by atoms with Crippen molar-refractivity contribution in [3.8, 4) is 0 Å². The van der Waals surface area contributed by atoms with E-state index in [9.17, 15) is 9.90 Å². The Hall–Kier alpha value is -1.42. The summed E-state index contributed by atoms with van der Waals surface area (Å²) in [5.74, 6) is 0.151. The topological polar surface area (TPSA) is 62.2 Å². The number of aliphatic hydroxyl groups is 1. The lowest BCUT2D eigenvalue weighted by molar-refractivity contribution is 0.00957. The molecule has 3 atom stereocenters. The molecule has 0 aromatic carbocycles. The van der Waals surface area contributed by atoms with Crippen molar-refractivity contribution in [2.24, 2.45) is 11.3 Å². The largest absolute Gasteiger partial charge is 0.391 e. The Kier molecular flexibility index (Phi) is 4.99. The van der Waals surface area contributed by atoms with E-state index in [4.69, 9.17) is 0 Å². The van der Waals surface area contributed by atoms with E-state index >= 15 is 0 Å². The van der Waals surface area contributed by atoms with Crippen molar-refractivity contribution in [3.63, 3.8) is 0 Å². The lowest BCUT2D eigenvalue weighted by Crippen LogP contribution is -2.54. The number of hydrogen-bond donors (Lipinski definition) is 2. The van der Waals surface area contributed by atoms with Gasteiger partial charge in [0, 0.05) is 12.4 Å². The minimum absolute atomic E-state index is 0.105. The van der Waals surface area contributed by atoms with Gasteiger partial charge in [0.05, 0.1) is 17.7 Å². The minimum Gasteiger partial charge on any atom is -0.391 e. The number of nitrogens with one attached hydrogen (secondary N) is 1. The number of aromatic nitrogens is 1. The van der Waals surface area contributed by atoms with E-state index in [1.54, 1.807) is 24.5 Å². The molecule has 116 valence electrons. The van der Waals surface area contributed by atoms with Crippen molar-refractivity contribution < 1.29 is 9.90 Å². The van der Waals surface area contributed by atoms with E-state index in [0.717, 1.165) is 25.7 Å². The quantitative estimate of drug-likeness (QED) is 0.896. The summed E-state index contributed by atoms with van der Waals surface area (Å²) < 4.78 is 0. The first-order valence-electron chi connectivity index (χ1n) is 7.84. The van der Waals surface area contributed by atoms with Crippen LogP contribution >= 0.6 is 0 Å². The van der Waals surface area contributed by atoms with Crippen LogP contribution in [0.1, 0.15) is 56.8 Å². The zero-order valence-corrected chi connectivity index (χ0v) is 13.2. The maximum absolute atomic E-state index is 12.4. The van der Waals surface area contributed by atoms with Gasteiger partial charge in [-0.2, -0.15) is 0 Å². The molecule has 0 radical (unpaired) electrons. The Morgan fingerprint density at radius 2 is 2.24 bits per heavy atom. The first-order valence-corrected chi connectivity index (χ1v) is 7.84. The third-order valence-electron chi connectivity index (χ3n) is 5.00. The molecule has 0 spiro atoms.